The first-order valence-electron chi connectivity index (χ1n) is 12.2. The van der Waals surface area contributed by atoms with Crippen LogP contribution < -0.4 is 0 Å². The van der Waals surface area contributed by atoms with Gasteiger partial charge in [-0.15, -0.1) is 0 Å². The van der Waals surface area contributed by atoms with Crippen molar-refractivity contribution in [2.24, 2.45) is 0 Å². The molecule has 0 fully saturated rings. The van der Waals surface area contributed by atoms with Crippen molar-refractivity contribution in [2.75, 3.05) is 6.67 Å². The van der Waals surface area contributed by atoms with E-state index in [0.717, 1.165) is 43.2 Å². The van der Waals surface area contributed by atoms with Crippen molar-refractivity contribution in [3.8, 4) is 11.5 Å². The van der Waals surface area contributed by atoms with Gasteiger partial charge < -0.3 is 15.3 Å². The fourth-order valence-corrected chi connectivity index (χ4v) is 3.99. The first kappa shape index (κ1) is 29.0. The number of allylic oxidation sites excluding steroid dienone is 6. The Hall–Kier alpha value is -2.07. The smallest absolute Gasteiger partial charge is 0.122 e. The summed E-state index contributed by atoms with van der Waals surface area (Å²) < 4.78 is 12.4. The molecule has 186 valence electrons. The van der Waals surface area contributed by atoms with Crippen LogP contribution in [0.4, 0.5) is 4.39 Å². The van der Waals surface area contributed by atoms with Gasteiger partial charge in [0.25, 0.3) is 0 Å². The van der Waals surface area contributed by atoms with Crippen molar-refractivity contribution in [2.45, 2.75) is 105 Å². The number of phenolic OH excluding ortho intramolecular Hbond substituents is 2. The average molecular weight is 461 g/mol. The van der Waals surface area contributed by atoms with Gasteiger partial charge in [0, 0.05) is 5.56 Å². The minimum Gasteiger partial charge on any atom is -0.507 e. The molecular formula is C29H45FO3. The molecule has 1 aromatic rings. The molecule has 0 saturated carbocycles. The summed E-state index contributed by atoms with van der Waals surface area (Å²) in [6, 6.07) is 0. The van der Waals surface area contributed by atoms with Gasteiger partial charge in [-0.2, -0.15) is 0 Å². The highest BCUT2D eigenvalue weighted by Crippen LogP contribution is 2.37. The summed E-state index contributed by atoms with van der Waals surface area (Å²) in [4.78, 5) is 0. The van der Waals surface area contributed by atoms with Crippen molar-refractivity contribution >= 4 is 0 Å². The first-order chi connectivity index (χ1) is 15.4. The fourth-order valence-electron chi connectivity index (χ4n) is 3.99. The highest BCUT2D eigenvalue weighted by atomic mass is 19.1. The number of alkyl halides is 1. The lowest BCUT2D eigenvalue weighted by molar-refractivity contribution is 0.0431. The Morgan fingerprint density at radius 2 is 1.24 bits per heavy atom. The molecule has 0 spiro atoms. The quantitative estimate of drug-likeness (QED) is 0.207. The lowest BCUT2D eigenvalue weighted by atomic mass is 9.88. The van der Waals surface area contributed by atoms with Crippen LogP contribution in [0, 0.1) is 20.8 Å². The van der Waals surface area contributed by atoms with E-state index in [9.17, 15) is 19.7 Å². The van der Waals surface area contributed by atoms with Crippen LogP contribution in [0.2, 0.25) is 0 Å². The van der Waals surface area contributed by atoms with Crippen LogP contribution >= 0.6 is 0 Å². The molecule has 0 bridgehead atoms. The zero-order chi connectivity index (χ0) is 25.2. The van der Waals surface area contributed by atoms with Gasteiger partial charge in [-0.05, 0) is 122 Å². The molecule has 4 heteroatoms. The van der Waals surface area contributed by atoms with Crippen LogP contribution in [-0.4, -0.2) is 27.6 Å². The number of halogens is 1. The van der Waals surface area contributed by atoms with Gasteiger partial charge in [-0.1, -0.05) is 29.4 Å². The Morgan fingerprint density at radius 3 is 1.79 bits per heavy atom. The van der Waals surface area contributed by atoms with Crippen LogP contribution in [-0.2, 0) is 6.42 Å². The Bertz CT molecular complexity index is 846. The topological polar surface area (TPSA) is 60.7 Å². The summed E-state index contributed by atoms with van der Waals surface area (Å²) in [7, 11) is 0. The predicted molar refractivity (Wildman–Crippen MR) is 138 cm³/mol. The molecule has 1 atom stereocenters. The number of hydrogen-bond acceptors (Lipinski definition) is 3. The maximum atomic E-state index is 12.4. The van der Waals surface area contributed by atoms with Crippen LogP contribution in [0.25, 0.3) is 0 Å². The number of aliphatic hydroxyl groups is 1. The second-order valence-corrected chi connectivity index (χ2v) is 9.95. The van der Waals surface area contributed by atoms with Crippen LogP contribution in [0.15, 0.2) is 34.9 Å². The molecule has 1 rings (SSSR count). The molecule has 3 nitrogen and oxygen atoms in total. The van der Waals surface area contributed by atoms with Crippen molar-refractivity contribution < 1.29 is 19.7 Å². The first-order valence-corrected chi connectivity index (χ1v) is 12.2. The Labute approximate surface area is 200 Å². The normalized spacial score (nSPS) is 15.1. The van der Waals surface area contributed by atoms with Gasteiger partial charge in [0.15, 0.2) is 0 Å². The van der Waals surface area contributed by atoms with E-state index in [4.69, 9.17) is 0 Å². The third kappa shape index (κ3) is 9.75. The number of rotatable bonds is 13. The summed E-state index contributed by atoms with van der Waals surface area (Å²) in [6.45, 7) is 13.0. The van der Waals surface area contributed by atoms with Crippen LogP contribution in [0.5, 0.6) is 11.5 Å². The van der Waals surface area contributed by atoms with E-state index in [1.807, 2.05) is 26.8 Å². The third-order valence-corrected chi connectivity index (χ3v) is 6.73. The zero-order valence-electron chi connectivity index (χ0n) is 21.8. The van der Waals surface area contributed by atoms with Gasteiger partial charge in [0.2, 0.25) is 0 Å². The lowest BCUT2D eigenvalue weighted by Crippen LogP contribution is -2.24. The minimum atomic E-state index is -0.841. The van der Waals surface area contributed by atoms with E-state index in [1.165, 1.54) is 11.1 Å². The second-order valence-electron chi connectivity index (χ2n) is 9.95. The highest BCUT2D eigenvalue weighted by molar-refractivity contribution is 5.56. The predicted octanol–water partition coefficient (Wildman–Crippen LogP) is 7.86. The maximum absolute atomic E-state index is 12.4. The summed E-state index contributed by atoms with van der Waals surface area (Å²) in [5.41, 5.74) is 5.43. The second kappa shape index (κ2) is 13.6. The molecule has 0 aromatic heterocycles. The molecular weight excluding hydrogens is 415 g/mol. The van der Waals surface area contributed by atoms with Crippen LogP contribution in [0.1, 0.15) is 94.9 Å². The fraction of sp³-hybridized carbons (Fsp3) is 0.586. The molecule has 0 unspecified atom stereocenters. The van der Waals surface area contributed by atoms with Crippen molar-refractivity contribution in [3.05, 3.63) is 57.2 Å². The van der Waals surface area contributed by atoms with E-state index in [0.29, 0.717) is 36.0 Å². The summed E-state index contributed by atoms with van der Waals surface area (Å²) in [5, 5.41) is 31.7. The van der Waals surface area contributed by atoms with E-state index >= 15 is 0 Å². The number of aromatic hydroxyl groups is 2. The van der Waals surface area contributed by atoms with Gasteiger partial charge in [-0.25, -0.2) is 4.39 Å². The zero-order valence-corrected chi connectivity index (χ0v) is 21.8. The number of benzene rings is 1. The van der Waals surface area contributed by atoms with E-state index in [2.05, 4.69) is 26.0 Å². The van der Waals surface area contributed by atoms with Gasteiger partial charge in [0.1, 0.15) is 18.2 Å². The van der Waals surface area contributed by atoms with Crippen molar-refractivity contribution in [1.29, 1.82) is 0 Å². The van der Waals surface area contributed by atoms with E-state index in [1.54, 1.807) is 13.8 Å². The Balaban J connectivity index is 2.51. The van der Waals surface area contributed by atoms with E-state index in [-0.39, 0.29) is 18.2 Å². The SMILES string of the molecule is CC(=CCC/C(C)=C/CC/C(C)=C/CC[C@@](C)(O)CCc1c(C)c(O)c(C)c(C)c1O)CF. The molecule has 33 heavy (non-hydrogen) atoms. The minimum absolute atomic E-state index is 0.228. The molecule has 0 amide bonds. The maximum Gasteiger partial charge on any atom is 0.122 e. The monoisotopic (exact) mass is 460 g/mol. The van der Waals surface area contributed by atoms with Gasteiger partial charge in [0.05, 0.1) is 5.60 Å². The Morgan fingerprint density at radius 1 is 0.758 bits per heavy atom. The molecule has 0 aliphatic rings. The van der Waals surface area contributed by atoms with Gasteiger partial charge in [-0.3, -0.25) is 0 Å². The average Bonchev–Trinajstić information content (AvgIpc) is 2.76. The molecule has 0 radical (unpaired) electrons. The molecule has 0 saturated heterocycles. The number of phenols is 2. The van der Waals surface area contributed by atoms with E-state index < -0.39 is 5.60 Å². The molecule has 0 aliphatic heterocycles. The molecule has 0 heterocycles. The standard InChI is InChI=1S/C29H45FO3/c1-20(13-9-14-22(3)19-30)11-8-12-21(2)15-10-17-29(7,33)18-16-26-25(6)27(31)23(4)24(5)28(26)32/h11,14-15,31-33H,8-10,12-13,16-19H2,1-7H3/b20-11+,21-15+,22-14?/t29-/m1/s1. The van der Waals surface area contributed by atoms with Crippen molar-refractivity contribution in [3.63, 3.8) is 0 Å². The highest BCUT2D eigenvalue weighted by Gasteiger charge is 2.23. The lowest BCUT2D eigenvalue weighted by Gasteiger charge is -2.24. The molecule has 3 N–H and O–H groups in total. The Kier molecular flexibility index (Phi) is 11.9. The summed E-state index contributed by atoms with van der Waals surface area (Å²) in [5.74, 6) is 0.459. The molecule has 0 aliphatic carbocycles. The van der Waals surface area contributed by atoms with Crippen molar-refractivity contribution in [1.82, 2.24) is 0 Å². The summed E-state index contributed by atoms with van der Waals surface area (Å²) >= 11 is 0. The van der Waals surface area contributed by atoms with Crippen LogP contribution in [0.3, 0.4) is 0 Å². The largest absolute Gasteiger partial charge is 0.507 e. The summed E-state index contributed by atoms with van der Waals surface area (Å²) in [6.07, 6.45) is 12.8. The number of hydrogen-bond donors (Lipinski definition) is 3. The molecule has 1 aromatic carbocycles. The third-order valence-electron chi connectivity index (χ3n) is 6.73. The van der Waals surface area contributed by atoms with Gasteiger partial charge >= 0.3 is 0 Å².